The van der Waals surface area contributed by atoms with Crippen LogP contribution < -0.4 is 20.7 Å². The Balaban J connectivity index is 0.00000370. The molecule has 0 bridgehead atoms. The molecule has 0 radical (unpaired) electrons. The Kier molecular flexibility index (Phi) is 8.80. The van der Waals surface area contributed by atoms with E-state index < -0.39 is 23.5 Å². The molecule has 216 valence electrons. The monoisotopic (exact) mass is 568 g/mol. The number of carbonyl (C=O) groups excluding carboxylic acids is 3. The zero-order chi connectivity index (χ0) is 27.9. The fourth-order valence-electron chi connectivity index (χ4n) is 6.66. The van der Waals surface area contributed by atoms with Gasteiger partial charge < -0.3 is 25.6 Å². The van der Waals surface area contributed by atoms with E-state index in [9.17, 15) is 14.4 Å². The number of ether oxygens (including phenoxy) is 1. The number of fused-ring (bicyclic) bond motifs is 4. The molecule has 8 nitrogen and oxygen atoms in total. The summed E-state index contributed by atoms with van der Waals surface area (Å²) in [6.45, 7) is 5.88. The first-order valence-corrected chi connectivity index (χ1v) is 14.0. The molecule has 9 heteroatoms. The fourth-order valence-corrected chi connectivity index (χ4v) is 6.66. The number of hydrogen-bond donors (Lipinski definition) is 3. The van der Waals surface area contributed by atoms with Crippen LogP contribution in [-0.4, -0.2) is 54.9 Å². The number of likely N-dealkylation sites (N-methyl/N-ethyl adjacent to an activating group) is 1. The molecular weight excluding hydrogens is 528 g/mol. The van der Waals surface area contributed by atoms with E-state index in [0.29, 0.717) is 18.6 Å². The van der Waals surface area contributed by atoms with E-state index in [1.54, 1.807) is 26.0 Å². The molecule has 2 aromatic carbocycles. The lowest BCUT2D eigenvalue weighted by Gasteiger charge is -2.36. The molecule has 1 fully saturated rings. The van der Waals surface area contributed by atoms with Gasteiger partial charge in [0.2, 0.25) is 17.7 Å². The van der Waals surface area contributed by atoms with Gasteiger partial charge in [0, 0.05) is 6.42 Å². The smallest absolute Gasteiger partial charge is 0.246 e. The fraction of sp³-hybridized carbons (Fsp3) is 0.516. The van der Waals surface area contributed by atoms with Crippen LogP contribution in [0.5, 0.6) is 5.75 Å². The summed E-state index contributed by atoms with van der Waals surface area (Å²) >= 11 is 0. The second kappa shape index (κ2) is 11.8. The first-order chi connectivity index (χ1) is 18.6. The number of nitrogens with zero attached hydrogens (tertiary/aromatic N) is 1. The van der Waals surface area contributed by atoms with E-state index in [4.69, 9.17) is 4.74 Å². The van der Waals surface area contributed by atoms with Gasteiger partial charge in [0.25, 0.3) is 0 Å². The molecule has 2 aliphatic heterocycles. The van der Waals surface area contributed by atoms with Gasteiger partial charge in [-0.25, -0.2) is 0 Å². The van der Waals surface area contributed by atoms with Crippen LogP contribution in [0.15, 0.2) is 42.5 Å². The normalized spacial score (nSPS) is 25.3. The van der Waals surface area contributed by atoms with Crippen LogP contribution in [0, 0.1) is 5.41 Å². The Morgan fingerprint density at radius 3 is 2.52 bits per heavy atom. The number of nitrogens with one attached hydrogen (secondary N) is 3. The quantitative estimate of drug-likeness (QED) is 0.494. The van der Waals surface area contributed by atoms with E-state index >= 15 is 0 Å². The molecule has 1 unspecified atom stereocenters. The van der Waals surface area contributed by atoms with Gasteiger partial charge in [0.05, 0.1) is 25.2 Å². The predicted molar refractivity (Wildman–Crippen MR) is 156 cm³/mol. The van der Waals surface area contributed by atoms with Gasteiger partial charge in [-0.15, -0.1) is 12.4 Å². The number of benzene rings is 2. The Labute approximate surface area is 243 Å². The molecule has 2 aromatic rings. The van der Waals surface area contributed by atoms with Crippen molar-refractivity contribution < 1.29 is 19.1 Å². The van der Waals surface area contributed by atoms with Crippen LogP contribution in [0.25, 0.3) is 0 Å². The molecule has 5 rings (SSSR count). The van der Waals surface area contributed by atoms with E-state index in [1.165, 1.54) is 5.56 Å². The van der Waals surface area contributed by atoms with E-state index in [1.807, 2.05) is 30.3 Å². The van der Waals surface area contributed by atoms with Crippen LogP contribution in [0.3, 0.4) is 0 Å². The van der Waals surface area contributed by atoms with Crippen LogP contribution in [0.2, 0.25) is 0 Å². The number of hydrogen-bond acceptors (Lipinski definition) is 5. The lowest BCUT2D eigenvalue weighted by atomic mass is 9.81. The van der Waals surface area contributed by atoms with Crippen LogP contribution >= 0.6 is 12.4 Å². The molecule has 1 aliphatic carbocycles. The Morgan fingerprint density at radius 1 is 1.05 bits per heavy atom. The van der Waals surface area contributed by atoms with Gasteiger partial charge >= 0.3 is 0 Å². The highest BCUT2D eigenvalue weighted by atomic mass is 35.5. The van der Waals surface area contributed by atoms with Gasteiger partial charge in [-0.05, 0) is 79.5 Å². The van der Waals surface area contributed by atoms with Crippen LogP contribution in [0.4, 0.5) is 0 Å². The number of methoxy groups -OCH3 is 1. The Bertz CT molecular complexity index is 1280. The maximum absolute atomic E-state index is 14.3. The number of halogens is 1. The molecule has 0 saturated carbocycles. The molecule has 1 saturated heterocycles. The summed E-state index contributed by atoms with van der Waals surface area (Å²) in [5.74, 6) is 0.0961. The topological polar surface area (TPSA) is 99.8 Å². The van der Waals surface area contributed by atoms with Crippen molar-refractivity contribution in [2.24, 2.45) is 5.41 Å². The number of rotatable bonds is 6. The summed E-state index contributed by atoms with van der Waals surface area (Å²) in [5, 5.41) is 9.23. The molecule has 40 heavy (non-hydrogen) atoms. The molecule has 3 amide bonds. The summed E-state index contributed by atoms with van der Waals surface area (Å²) in [5.41, 5.74) is 3.91. The molecule has 2 heterocycles. The van der Waals surface area contributed by atoms with Crippen molar-refractivity contribution in [3.63, 3.8) is 0 Å². The highest BCUT2D eigenvalue weighted by Crippen LogP contribution is 2.50. The predicted octanol–water partition coefficient (Wildman–Crippen LogP) is 3.63. The second-order valence-corrected chi connectivity index (χ2v) is 11.8. The molecule has 5 atom stereocenters. The average Bonchev–Trinajstić information content (AvgIpc) is 3.17. The molecule has 0 aromatic heterocycles. The summed E-state index contributed by atoms with van der Waals surface area (Å²) < 4.78 is 5.53. The molecule has 0 spiro atoms. The van der Waals surface area contributed by atoms with Crippen LogP contribution in [0.1, 0.15) is 74.4 Å². The van der Waals surface area contributed by atoms with Crippen molar-refractivity contribution in [3.8, 4) is 5.75 Å². The minimum Gasteiger partial charge on any atom is -0.497 e. The molecular formula is C31H41ClN4O4. The zero-order valence-electron chi connectivity index (χ0n) is 24.0. The maximum Gasteiger partial charge on any atom is 0.246 e. The van der Waals surface area contributed by atoms with Gasteiger partial charge in [0.15, 0.2) is 0 Å². The minimum absolute atomic E-state index is 0. The summed E-state index contributed by atoms with van der Waals surface area (Å²) in [7, 11) is 3.34. The lowest BCUT2D eigenvalue weighted by molar-refractivity contribution is -0.145. The van der Waals surface area contributed by atoms with Crippen molar-refractivity contribution >= 4 is 30.1 Å². The first-order valence-electron chi connectivity index (χ1n) is 14.0. The van der Waals surface area contributed by atoms with E-state index in [-0.39, 0.29) is 42.2 Å². The molecule has 3 aliphatic rings. The number of amides is 3. The summed E-state index contributed by atoms with van der Waals surface area (Å²) in [6.07, 6.45) is 3.87. The van der Waals surface area contributed by atoms with Gasteiger partial charge in [0.1, 0.15) is 17.8 Å². The minimum atomic E-state index is -0.773. The molecule has 3 N–H and O–H groups in total. The zero-order valence-corrected chi connectivity index (χ0v) is 24.8. The van der Waals surface area contributed by atoms with Crippen molar-refractivity contribution in [1.29, 1.82) is 0 Å². The largest absolute Gasteiger partial charge is 0.497 e. The van der Waals surface area contributed by atoms with Gasteiger partial charge in [-0.2, -0.15) is 0 Å². The third-order valence-electron chi connectivity index (χ3n) is 8.84. The summed E-state index contributed by atoms with van der Waals surface area (Å²) in [6, 6.07) is 11.8. The average molecular weight is 569 g/mol. The lowest BCUT2D eigenvalue weighted by Crippen LogP contribution is -2.57. The van der Waals surface area contributed by atoms with Crippen molar-refractivity contribution in [2.75, 3.05) is 14.2 Å². The van der Waals surface area contributed by atoms with Gasteiger partial charge in [-0.3, -0.25) is 14.4 Å². The Morgan fingerprint density at radius 2 is 1.80 bits per heavy atom. The number of aryl methyl sites for hydroxylation is 1. The SMILES string of the molecule is CN[C@@H](C)C(=O)N[C@H]1Cc2ccc(OC)cc2[C@H]2CC(C)(C)C(C(=O)N[C@@H]3CCCc4ccccc43)N2C1=O.Cl. The van der Waals surface area contributed by atoms with Crippen LogP contribution in [-0.2, 0) is 27.2 Å². The maximum atomic E-state index is 14.3. The van der Waals surface area contributed by atoms with Crippen molar-refractivity contribution in [2.45, 2.75) is 83.1 Å². The van der Waals surface area contributed by atoms with Crippen molar-refractivity contribution in [3.05, 3.63) is 64.7 Å². The standard InChI is InChI=1S/C31H40N4O4.ClH/c1-18(32-4)28(36)34-25-15-20-13-14-21(39-5)16-23(20)26-17-31(2,3)27(35(26)30(25)38)29(37)33-24-12-8-10-19-9-6-7-11-22(19)24;/h6-7,9,11,13-14,16,18,24-27,32H,8,10,12,15,17H2,1-5H3,(H,33,37)(H,34,36);1H/t18-,24+,25-,26+,27?;/m0./s1. The van der Waals surface area contributed by atoms with Gasteiger partial charge in [-0.1, -0.05) is 44.2 Å². The summed E-state index contributed by atoms with van der Waals surface area (Å²) in [4.78, 5) is 43.0. The third-order valence-corrected chi connectivity index (χ3v) is 8.84. The first kappa shape index (κ1) is 29.9. The third kappa shape index (κ3) is 5.44. The number of carbonyl (C=O) groups is 3. The second-order valence-electron chi connectivity index (χ2n) is 11.8. The highest BCUT2D eigenvalue weighted by Gasteiger charge is 2.55. The highest BCUT2D eigenvalue weighted by molar-refractivity contribution is 5.95. The van der Waals surface area contributed by atoms with Crippen molar-refractivity contribution in [1.82, 2.24) is 20.9 Å². The van der Waals surface area contributed by atoms with E-state index in [0.717, 1.165) is 36.0 Å². The Hall–Kier alpha value is -3.10. The van der Waals surface area contributed by atoms with E-state index in [2.05, 4.69) is 41.9 Å².